The molecule has 1 unspecified atom stereocenters. The van der Waals surface area contributed by atoms with E-state index in [2.05, 4.69) is 15.3 Å². The molecule has 1 aromatic heterocycles. The van der Waals surface area contributed by atoms with Crippen molar-refractivity contribution in [3.63, 3.8) is 0 Å². The van der Waals surface area contributed by atoms with E-state index in [9.17, 15) is 5.11 Å². The molecule has 0 saturated heterocycles. The predicted octanol–water partition coefficient (Wildman–Crippen LogP) is 0.973. The van der Waals surface area contributed by atoms with Crippen LogP contribution in [0.1, 0.15) is 26.5 Å². The number of aliphatic hydroxyl groups is 1. The van der Waals surface area contributed by atoms with Crippen LogP contribution in [0.25, 0.3) is 0 Å². The molecule has 4 heteroatoms. The number of nitrogens with one attached hydrogen (secondary N) is 1. The molecule has 15 heavy (non-hydrogen) atoms. The summed E-state index contributed by atoms with van der Waals surface area (Å²) in [6.07, 6.45) is 3.24. The highest BCUT2D eigenvalue weighted by Gasteiger charge is 2.23. The number of hydrogen-bond acceptors (Lipinski definition) is 4. The van der Waals surface area contributed by atoms with Crippen LogP contribution in [0.15, 0.2) is 18.6 Å². The Bertz CT molecular complexity index is 285. The van der Waals surface area contributed by atoms with Gasteiger partial charge in [-0.3, -0.25) is 0 Å². The highest BCUT2D eigenvalue weighted by atomic mass is 16.3. The molecule has 1 rings (SSSR count). The average Bonchev–Trinajstić information content (AvgIpc) is 2.19. The van der Waals surface area contributed by atoms with Crippen LogP contribution in [0.3, 0.4) is 0 Å². The molecule has 0 radical (unpaired) electrons. The quantitative estimate of drug-likeness (QED) is 0.758. The molecule has 0 saturated carbocycles. The summed E-state index contributed by atoms with van der Waals surface area (Å²) >= 11 is 0. The lowest BCUT2D eigenvalue weighted by atomic mass is 9.92. The summed E-state index contributed by atoms with van der Waals surface area (Å²) in [5, 5.41) is 13.2. The van der Waals surface area contributed by atoms with E-state index in [1.807, 2.05) is 26.8 Å². The lowest BCUT2D eigenvalue weighted by Crippen LogP contribution is -2.42. The molecule has 0 aliphatic rings. The molecule has 1 atom stereocenters. The fourth-order valence-corrected chi connectivity index (χ4v) is 1.07. The first-order valence-corrected chi connectivity index (χ1v) is 5.20. The van der Waals surface area contributed by atoms with E-state index in [0.29, 0.717) is 13.1 Å². The predicted molar refractivity (Wildman–Crippen MR) is 59.2 cm³/mol. The highest BCUT2D eigenvalue weighted by Crippen LogP contribution is 2.14. The Morgan fingerprint density at radius 3 is 2.80 bits per heavy atom. The zero-order valence-electron chi connectivity index (χ0n) is 9.57. The van der Waals surface area contributed by atoms with Crippen molar-refractivity contribution in [2.75, 3.05) is 6.54 Å². The molecule has 84 valence electrons. The standard InChI is InChI=1S/C11H19N3O/c1-9(2)11(3,15)7-13-6-10-4-5-12-8-14-10/h4-5,8-9,13,15H,6-7H2,1-3H3. The molecule has 0 amide bonds. The lowest BCUT2D eigenvalue weighted by Gasteiger charge is -2.27. The number of aromatic nitrogens is 2. The van der Waals surface area contributed by atoms with E-state index < -0.39 is 5.60 Å². The van der Waals surface area contributed by atoms with Crippen LogP contribution in [0.2, 0.25) is 0 Å². The van der Waals surface area contributed by atoms with Gasteiger partial charge in [-0.2, -0.15) is 0 Å². The minimum atomic E-state index is -0.674. The smallest absolute Gasteiger partial charge is 0.115 e. The number of nitrogens with zero attached hydrogens (tertiary/aromatic N) is 2. The van der Waals surface area contributed by atoms with Gasteiger partial charge < -0.3 is 10.4 Å². The van der Waals surface area contributed by atoms with Gasteiger partial charge in [-0.05, 0) is 18.9 Å². The minimum absolute atomic E-state index is 0.232. The molecule has 0 aliphatic heterocycles. The van der Waals surface area contributed by atoms with Crippen LogP contribution < -0.4 is 5.32 Å². The van der Waals surface area contributed by atoms with Gasteiger partial charge in [0.05, 0.1) is 11.3 Å². The maximum absolute atomic E-state index is 9.97. The molecule has 1 aromatic rings. The third-order valence-corrected chi connectivity index (χ3v) is 2.68. The Morgan fingerprint density at radius 2 is 2.27 bits per heavy atom. The maximum Gasteiger partial charge on any atom is 0.115 e. The molecule has 1 heterocycles. The summed E-state index contributed by atoms with van der Waals surface area (Å²) in [6, 6.07) is 1.86. The number of rotatable bonds is 5. The van der Waals surface area contributed by atoms with Gasteiger partial charge in [0.1, 0.15) is 6.33 Å². The van der Waals surface area contributed by atoms with Crippen LogP contribution in [-0.4, -0.2) is 27.2 Å². The molecule has 4 nitrogen and oxygen atoms in total. The van der Waals surface area contributed by atoms with Gasteiger partial charge in [0.15, 0.2) is 0 Å². The third kappa shape index (κ3) is 3.93. The summed E-state index contributed by atoms with van der Waals surface area (Å²) in [5.74, 6) is 0.232. The van der Waals surface area contributed by atoms with E-state index in [1.165, 1.54) is 6.33 Å². The maximum atomic E-state index is 9.97. The summed E-state index contributed by atoms with van der Waals surface area (Å²) in [4.78, 5) is 7.93. The van der Waals surface area contributed by atoms with Crippen molar-refractivity contribution in [1.29, 1.82) is 0 Å². The number of hydrogen-bond donors (Lipinski definition) is 2. The van der Waals surface area contributed by atoms with Crippen LogP contribution in [0, 0.1) is 5.92 Å². The first kappa shape index (κ1) is 12.1. The molecular formula is C11H19N3O. The molecule has 0 aliphatic carbocycles. The van der Waals surface area contributed by atoms with E-state index in [1.54, 1.807) is 6.20 Å². The normalized spacial score (nSPS) is 15.3. The third-order valence-electron chi connectivity index (χ3n) is 2.68. The Morgan fingerprint density at radius 1 is 1.53 bits per heavy atom. The second-order valence-electron chi connectivity index (χ2n) is 4.32. The fraction of sp³-hybridized carbons (Fsp3) is 0.636. The highest BCUT2D eigenvalue weighted by molar-refractivity contribution is 4.97. The van der Waals surface area contributed by atoms with Crippen molar-refractivity contribution < 1.29 is 5.11 Å². The van der Waals surface area contributed by atoms with Crippen LogP contribution in [0.4, 0.5) is 0 Å². The molecular weight excluding hydrogens is 190 g/mol. The van der Waals surface area contributed by atoms with Crippen LogP contribution in [0.5, 0.6) is 0 Å². The van der Waals surface area contributed by atoms with Gasteiger partial charge in [-0.15, -0.1) is 0 Å². The Labute approximate surface area is 90.8 Å². The fourth-order valence-electron chi connectivity index (χ4n) is 1.07. The minimum Gasteiger partial charge on any atom is -0.389 e. The van der Waals surface area contributed by atoms with Crippen molar-refractivity contribution in [3.05, 3.63) is 24.3 Å². The van der Waals surface area contributed by atoms with E-state index >= 15 is 0 Å². The van der Waals surface area contributed by atoms with Gasteiger partial charge >= 0.3 is 0 Å². The Hall–Kier alpha value is -1.00. The van der Waals surface area contributed by atoms with Crippen LogP contribution in [-0.2, 0) is 6.54 Å². The average molecular weight is 209 g/mol. The van der Waals surface area contributed by atoms with Gasteiger partial charge in [0.25, 0.3) is 0 Å². The Kier molecular flexibility index (Phi) is 4.17. The zero-order chi connectivity index (χ0) is 11.3. The van der Waals surface area contributed by atoms with Crippen molar-refractivity contribution >= 4 is 0 Å². The van der Waals surface area contributed by atoms with E-state index in [0.717, 1.165) is 5.69 Å². The van der Waals surface area contributed by atoms with Crippen molar-refractivity contribution in [3.8, 4) is 0 Å². The second kappa shape index (κ2) is 5.19. The summed E-state index contributed by atoms with van der Waals surface area (Å²) in [7, 11) is 0. The summed E-state index contributed by atoms with van der Waals surface area (Å²) < 4.78 is 0. The molecule has 0 fully saturated rings. The molecule has 0 bridgehead atoms. The topological polar surface area (TPSA) is 58.0 Å². The first-order valence-electron chi connectivity index (χ1n) is 5.20. The largest absolute Gasteiger partial charge is 0.389 e. The monoisotopic (exact) mass is 209 g/mol. The zero-order valence-corrected chi connectivity index (χ0v) is 9.57. The second-order valence-corrected chi connectivity index (χ2v) is 4.32. The molecule has 2 N–H and O–H groups in total. The Balaban J connectivity index is 2.34. The van der Waals surface area contributed by atoms with Gasteiger partial charge in [-0.1, -0.05) is 13.8 Å². The summed E-state index contributed by atoms with van der Waals surface area (Å²) in [5.41, 5.74) is 0.261. The van der Waals surface area contributed by atoms with Gasteiger partial charge in [0, 0.05) is 19.3 Å². The van der Waals surface area contributed by atoms with Gasteiger partial charge in [0.2, 0.25) is 0 Å². The summed E-state index contributed by atoms with van der Waals surface area (Å²) in [6.45, 7) is 7.07. The van der Waals surface area contributed by atoms with Crippen LogP contribution >= 0.6 is 0 Å². The van der Waals surface area contributed by atoms with Gasteiger partial charge in [-0.25, -0.2) is 9.97 Å². The van der Waals surface area contributed by atoms with Crippen molar-refractivity contribution in [2.45, 2.75) is 32.9 Å². The van der Waals surface area contributed by atoms with E-state index in [-0.39, 0.29) is 5.92 Å². The lowest BCUT2D eigenvalue weighted by molar-refractivity contribution is 0.0139. The molecule has 0 spiro atoms. The SMILES string of the molecule is CC(C)C(C)(O)CNCc1ccncn1. The van der Waals surface area contributed by atoms with E-state index in [4.69, 9.17) is 0 Å². The molecule has 0 aromatic carbocycles. The van der Waals surface area contributed by atoms with Crippen molar-refractivity contribution in [2.24, 2.45) is 5.92 Å². The van der Waals surface area contributed by atoms with Crippen molar-refractivity contribution in [1.82, 2.24) is 15.3 Å². The first-order chi connectivity index (χ1) is 7.02.